The summed E-state index contributed by atoms with van der Waals surface area (Å²) in [6.07, 6.45) is 18.2. The number of aliphatic hydroxyl groups is 1. The van der Waals surface area contributed by atoms with E-state index in [9.17, 15) is 5.11 Å². The van der Waals surface area contributed by atoms with Crippen molar-refractivity contribution in [2.45, 2.75) is 77.2 Å². The minimum Gasteiger partial charge on any atom is -0.389 e. The molecule has 104 valence electrons. The number of hydrogen-bond acceptors (Lipinski definition) is 1. The summed E-state index contributed by atoms with van der Waals surface area (Å²) >= 11 is 0. The first-order chi connectivity index (χ1) is 8.72. The van der Waals surface area contributed by atoms with Gasteiger partial charge in [-0.05, 0) is 31.1 Å². The molecule has 0 aromatic carbocycles. The van der Waals surface area contributed by atoms with Gasteiger partial charge in [0.15, 0.2) is 0 Å². The first-order valence-corrected chi connectivity index (χ1v) is 7.71. The van der Waals surface area contributed by atoms with Crippen molar-refractivity contribution in [2.24, 2.45) is 5.41 Å². The Balaban J connectivity index is 2.46. The summed E-state index contributed by atoms with van der Waals surface area (Å²) in [6.45, 7) is 6.09. The lowest BCUT2D eigenvalue weighted by Gasteiger charge is -2.34. The summed E-state index contributed by atoms with van der Waals surface area (Å²) in [6, 6.07) is 0. The highest BCUT2D eigenvalue weighted by molar-refractivity contribution is 5.05. The Hall–Kier alpha value is -0.560. The second-order valence-electron chi connectivity index (χ2n) is 5.84. The van der Waals surface area contributed by atoms with Gasteiger partial charge in [-0.25, -0.2) is 0 Å². The molecule has 0 aromatic rings. The van der Waals surface area contributed by atoms with E-state index >= 15 is 0 Å². The molecule has 1 saturated carbocycles. The highest BCUT2D eigenvalue weighted by Crippen LogP contribution is 2.41. The lowest BCUT2D eigenvalue weighted by Crippen LogP contribution is -2.21. The summed E-state index contributed by atoms with van der Waals surface area (Å²) in [5, 5.41) is 9.98. The average Bonchev–Trinajstić information content (AvgIpc) is 2.38. The number of unbranched alkanes of at least 4 members (excludes halogenated alkanes) is 2. The van der Waals surface area contributed by atoms with E-state index in [1.165, 1.54) is 44.9 Å². The molecule has 0 aliphatic heterocycles. The molecule has 0 saturated heterocycles. The third-order valence-corrected chi connectivity index (χ3v) is 4.18. The molecule has 1 aliphatic carbocycles. The van der Waals surface area contributed by atoms with E-state index < -0.39 is 0 Å². The first kappa shape index (κ1) is 15.5. The topological polar surface area (TPSA) is 20.2 Å². The Morgan fingerprint density at radius 1 is 1.22 bits per heavy atom. The Bertz CT molecular complexity index is 248. The number of hydrogen-bond donors (Lipinski definition) is 1. The third-order valence-electron chi connectivity index (χ3n) is 4.18. The second-order valence-corrected chi connectivity index (χ2v) is 5.84. The fourth-order valence-electron chi connectivity index (χ4n) is 3.00. The standard InChI is InChI=1S/C17H30O/c1-3-5-7-10-16(18)11-15-17(12-4-2)13-8-6-9-14-17/h4,11,15-16,18H,2-3,5-10,12-14H2,1H3/b15-11+. The van der Waals surface area contributed by atoms with E-state index in [1.807, 2.05) is 12.2 Å². The van der Waals surface area contributed by atoms with Crippen LogP contribution in [0.1, 0.15) is 71.1 Å². The quantitative estimate of drug-likeness (QED) is 0.474. The van der Waals surface area contributed by atoms with Crippen molar-refractivity contribution in [2.75, 3.05) is 0 Å². The first-order valence-electron chi connectivity index (χ1n) is 7.71. The van der Waals surface area contributed by atoms with Crippen molar-refractivity contribution in [3.8, 4) is 0 Å². The molecule has 0 bridgehead atoms. The van der Waals surface area contributed by atoms with Crippen molar-refractivity contribution in [3.05, 3.63) is 24.8 Å². The maximum Gasteiger partial charge on any atom is 0.0721 e. The Labute approximate surface area is 113 Å². The van der Waals surface area contributed by atoms with Gasteiger partial charge < -0.3 is 5.11 Å². The molecule has 0 heterocycles. The van der Waals surface area contributed by atoms with E-state index in [4.69, 9.17) is 0 Å². The molecule has 0 spiro atoms. The molecular formula is C17H30O. The van der Waals surface area contributed by atoms with E-state index in [0.717, 1.165) is 19.3 Å². The van der Waals surface area contributed by atoms with Crippen molar-refractivity contribution in [1.82, 2.24) is 0 Å². The van der Waals surface area contributed by atoms with Crippen LogP contribution in [0.4, 0.5) is 0 Å². The van der Waals surface area contributed by atoms with Crippen LogP contribution < -0.4 is 0 Å². The largest absolute Gasteiger partial charge is 0.389 e. The van der Waals surface area contributed by atoms with Crippen LogP contribution in [0.15, 0.2) is 24.8 Å². The predicted molar refractivity (Wildman–Crippen MR) is 79.6 cm³/mol. The average molecular weight is 250 g/mol. The second kappa shape index (κ2) is 8.53. The minimum absolute atomic E-state index is 0.250. The Morgan fingerprint density at radius 3 is 2.56 bits per heavy atom. The summed E-state index contributed by atoms with van der Waals surface area (Å²) < 4.78 is 0. The van der Waals surface area contributed by atoms with Crippen LogP contribution >= 0.6 is 0 Å². The van der Waals surface area contributed by atoms with E-state index in [2.05, 4.69) is 19.6 Å². The van der Waals surface area contributed by atoms with Crippen molar-refractivity contribution >= 4 is 0 Å². The van der Waals surface area contributed by atoms with Crippen molar-refractivity contribution in [1.29, 1.82) is 0 Å². The smallest absolute Gasteiger partial charge is 0.0721 e. The fraction of sp³-hybridized carbons (Fsp3) is 0.765. The molecule has 0 radical (unpaired) electrons. The van der Waals surface area contributed by atoms with Crippen molar-refractivity contribution in [3.63, 3.8) is 0 Å². The van der Waals surface area contributed by atoms with Crippen LogP contribution in [0.3, 0.4) is 0 Å². The molecule has 0 amide bonds. The third kappa shape index (κ3) is 5.39. The summed E-state index contributed by atoms with van der Waals surface area (Å²) in [5.74, 6) is 0. The highest BCUT2D eigenvalue weighted by Gasteiger charge is 2.27. The lowest BCUT2D eigenvalue weighted by molar-refractivity contribution is 0.202. The monoisotopic (exact) mass is 250 g/mol. The molecule has 1 aliphatic rings. The molecule has 1 atom stereocenters. The van der Waals surface area contributed by atoms with Gasteiger partial charge in [-0.3, -0.25) is 0 Å². The molecule has 1 unspecified atom stereocenters. The minimum atomic E-state index is -0.250. The van der Waals surface area contributed by atoms with Gasteiger partial charge in [0, 0.05) is 0 Å². The van der Waals surface area contributed by atoms with Gasteiger partial charge in [0.1, 0.15) is 0 Å². The van der Waals surface area contributed by atoms with Crippen LogP contribution in [0.25, 0.3) is 0 Å². The van der Waals surface area contributed by atoms with Crippen LogP contribution in [-0.4, -0.2) is 11.2 Å². The van der Waals surface area contributed by atoms with Gasteiger partial charge in [-0.1, -0.05) is 63.7 Å². The van der Waals surface area contributed by atoms with Gasteiger partial charge in [0.05, 0.1) is 6.10 Å². The zero-order valence-corrected chi connectivity index (χ0v) is 12.0. The van der Waals surface area contributed by atoms with E-state index in [0.29, 0.717) is 5.41 Å². The normalized spacial score (nSPS) is 21.0. The maximum atomic E-state index is 9.98. The van der Waals surface area contributed by atoms with Crippen LogP contribution in [-0.2, 0) is 0 Å². The molecule has 1 heteroatoms. The molecule has 1 fully saturated rings. The fourth-order valence-corrected chi connectivity index (χ4v) is 3.00. The molecular weight excluding hydrogens is 220 g/mol. The van der Waals surface area contributed by atoms with Gasteiger partial charge in [-0.2, -0.15) is 0 Å². The summed E-state index contributed by atoms with van der Waals surface area (Å²) in [5.41, 5.74) is 0.297. The number of aliphatic hydroxyl groups excluding tert-OH is 1. The van der Waals surface area contributed by atoms with Gasteiger partial charge in [-0.15, -0.1) is 6.58 Å². The van der Waals surface area contributed by atoms with E-state index in [1.54, 1.807) is 0 Å². The van der Waals surface area contributed by atoms with Crippen LogP contribution in [0, 0.1) is 5.41 Å². The zero-order valence-electron chi connectivity index (χ0n) is 12.0. The number of allylic oxidation sites excluding steroid dienone is 2. The van der Waals surface area contributed by atoms with Gasteiger partial charge in [0.2, 0.25) is 0 Å². The summed E-state index contributed by atoms with van der Waals surface area (Å²) in [4.78, 5) is 0. The van der Waals surface area contributed by atoms with Gasteiger partial charge >= 0.3 is 0 Å². The zero-order chi connectivity index (χ0) is 13.3. The maximum absolute atomic E-state index is 9.98. The molecule has 1 rings (SSSR count). The predicted octanol–water partition coefficient (Wildman–Crippen LogP) is 5.01. The lowest BCUT2D eigenvalue weighted by atomic mass is 9.71. The molecule has 0 aromatic heterocycles. The van der Waals surface area contributed by atoms with Crippen LogP contribution in [0.5, 0.6) is 0 Å². The van der Waals surface area contributed by atoms with Gasteiger partial charge in [0.25, 0.3) is 0 Å². The molecule has 1 nitrogen and oxygen atoms in total. The highest BCUT2D eigenvalue weighted by atomic mass is 16.3. The van der Waals surface area contributed by atoms with Crippen LogP contribution in [0.2, 0.25) is 0 Å². The molecule has 1 N–H and O–H groups in total. The Kier molecular flexibility index (Phi) is 7.34. The van der Waals surface area contributed by atoms with E-state index in [-0.39, 0.29) is 6.10 Å². The SMILES string of the molecule is C=CCC1(/C=C/C(O)CCCCC)CCCCC1. The Morgan fingerprint density at radius 2 is 1.94 bits per heavy atom. The summed E-state index contributed by atoms with van der Waals surface area (Å²) in [7, 11) is 0. The molecule has 18 heavy (non-hydrogen) atoms. The number of rotatable bonds is 8. The van der Waals surface area contributed by atoms with Crippen molar-refractivity contribution < 1.29 is 5.11 Å².